The van der Waals surface area contributed by atoms with Gasteiger partial charge in [0, 0.05) is 62.2 Å². The molecule has 3 atom stereocenters. The van der Waals surface area contributed by atoms with Crippen molar-refractivity contribution in [2.24, 2.45) is 5.92 Å². The lowest BCUT2D eigenvalue weighted by atomic mass is 9.64. The molecular weight excluding hydrogens is 386 g/mol. The Morgan fingerprint density at radius 1 is 1.16 bits per heavy atom. The SMILES string of the molecule is C=CCc1cc(C(=O)N[C@H]2C3CN4CCN(C3)CC2(c2ccccc2)C4)ccc1OC. The number of amides is 1. The highest BCUT2D eigenvalue weighted by Gasteiger charge is 2.55. The molecule has 0 radical (unpaired) electrons. The second kappa shape index (κ2) is 8.13. The van der Waals surface area contributed by atoms with E-state index in [-0.39, 0.29) is 17.4 Å². The molecule has 0 saturated carbocycles. The van der Waals surface area contributed by atoms with Crippen molar-refractivity contribution in [2.75, 3.05) is 46.4 Å². The van der Waals surface area contributed by atoms with E-state index in [1.165, 1.54) is 5.56 Å². The third-order valence-corrected chi connectivity index (χ3v) is 7.34. The van der Waals surface area contributed by atoms with Gasteiger partial charge < -0.3 is 19.9 Å². The fourth-order valence-electron chi connectivity index (χ4n) is 6.03. The van der Waals surface area contributed by atoms with Gasteiger partial charge in [-0.05, 0) is 35.7 Å². The number of hydrogen-bond acceptors (Lipinski definition) is 4. The standard InChI is InChI=1S/C26H31N3O2/c1-3-7-19-14-20(10-11-23(19)31-2)25(30)27-24-21-15-28-12-13-29(16-21)18-26(24,17-28)22-8-5-4-6-9-22/h3-6,8-11,14,21,24H,1,7,12-13,15-18H2,2H3,(H,27,30)/t21?,24-,26?/m0/s1. The second-order valence-electron chi connectivity index (χ2n) is 9.22. The van der Waals surface area contributed by atoms with Crippen LogP contribution in [0.3, 0.4) is 0 Å². The minimum absolute atomic E-state index is 0.00409. The first kappa shape index (κ1) is 20.3. The van der Waals surface area contributed by atoms with Crippen LogP contribution in [0.4, 0.5) is 0 Å². The lowest BCUT2D eigenvalue weighted by molar-refractivity contribution is 0.0180. The fraction of sp³-hybridized carbons (Fsp3) is 0.423. The van der Waals surface area contributed by atoms with Crippen LogP contribution >= 0.6 is 0 Å². The van der Waals surface area contributed by atoms with Crippen molar-refractivity contribution in [1.82, 2.24) is 15.1 Å². The number of methoxy groups -OCH3 is 1. The van der Waals surface area contributed by atoms with Crippen molar-refractivity contribution >= 4 is 5.91 Å². The van der Waals surface area contributed by atoms with Crippen molar-refractivity contribution in [3.05, 3.63) is 77.9 Å². The first-order valence-electron chi connectivity index (χ1n) is 11.2. The molecule has 0 spiro atoms. The molecule has 4 aliphatic rings. The zero-order chi connectivity index (χ0) is 21.4. The Balaban J connectivity index is 1.48. The molecular formula is C26H31N3O2. The summed E-state index contributed by atoms with van der Waals surface area (Å²) >= 11 is 0. The molecule has 4 fully saturated rings. The predicted octanol–water partition coefficient (Wildman–Crippen LogP) is 2.72. The van der Waals surface area contributed by atoms with Gasteiger partial charge in [-0.3, -0.25) is 4.79 Å². The Hall–Kier alpha value is -2.63. The number of carbonyl (C=O) groups is 1. The van der Waals surface area contributed by atoms with Crippen LogP contribution in [0.1, 0.15) is 21.5 Å². The Morgan fingerprint density at radius 3 is 2.52 bits per heavy atom. The van der Waals surface area contributed by atoms with Gasteiger partial charge in [0.15, 0.2) is 0 Å². The molecule has 0 aromatic heterocycles. The third-order valence-electron chi connectivity index (χ3n) is 7.34. The molecule has 162 valence electrons. The molecule has 4 aliphatic heterocycles. The van der Waals surface area contributed by atoms with Crippen LogP contribution in [-0.4, -0.2) is 68.1 Å². The zero-order valence-electron chi connectivity index (χ0n) is 18.2. The second-order valence-corrected chi connectivity index (χ2v) is 9.22. The molecule has 2 aromatic rings. The molecule has 4 saturated heterocycles. The summed E-state index contributed by atoms with van der Waals surface area (Å²) in [4.78, 5) is 18.6. The van der Waals surface area contributed by atoms with E-state index in [4.69, 9.17) is 4.74 Å². The molecule has 2 aromatic carbocycles. The highest BCUT2D eigenvalue weighted by atomic mass is 16.5. The van der Waals surface area contributed by atoms with E-state index in [9.17, 15) is 4.79 Å². The van der Waals surface area contributed by atoms with Crippen molar-refractivity contribution in [1.29, 1.82) is 0 Å². The lowest BCUT2D eigenvalue weighted by Gasteiger charge is -2.55. The van der Waals surface area contributed by atoms with Crippen molar-refractivity contribution < 1.29 is 9.53 Å². The number of allylic oxidation sites excluding steroid dienone is 1. The van der Waals surface area contributed by atoms with Crippen LogP contribution in [0.25, 0.3) is 0 Å². The topological polar surface area (TPSA) is 44.8 Å². The molecule has 31 heavy (non-hydrogen) atoms. The van der Waals surface area contributed by atoms with E-state index >= 15 is 0 Å². The normalized spacial score (nSPS) is 31.1. The number of benzene rings is 2. The van der Waals surface area contributed by atoms with E-state index < -0.39 is 0 Å². The lowest BCUT2D eigenvalue weighted by Crippen LogP contribution is -2.70. The average molecular weight is 418 g/mol. The van der Waals surface area contributed by atoms with Crippen LogP contribution < -0.4 is 10.1 Å². The van der Waals surface area contributed by atoms with Gasteiger partial charge in [0.2, 0.25) is 0 Å². The van der Waals surface area contributed by atoms with E-state index in [0.29, 0.717) is 17.9 Å². The largest absolute Gasteiger partial charge is 0.496 e. The van der Waals surface area contributed by atoms with Gasteiger partial charge in [-0.2, -0.15) is 0 Å². The summed E-state index contributed by atoms with van der Waals surface area (Å²) in [7, 11) is 1.66. The Labute approximate surface area is 184 Å². The van der Waals surface area contributed by atoms with Gasteiger partial charge in [0.1, 0.15) is 5.75 Å². The van der Waals surface area contributed by atoms with E-state index in [0.717, 1.165) is 50.6 Å². The number of carbonyl (C=O) groups excluding carboxylic acids is 1. The minimum Gasteiger partial charge on any atom is -0.496 e. The highest BCUT2D eigenvalue weighted by molar-refractivity contribution is 5.95. The maximum atomic E-state index is 13.4. The molecule has 2 unspecified atom stereocenters. The van der Waals surface area contributed by atoms with Crippen LogP contribution in [0, 0.1) is 5.92 Å². The molecule has 4 bridgehead atoms. The number of piperidine rings is 2. The summed E-state index contributed by atoms with van der Waals surface area (Å²) in [5.74, 6) is 1.23. The van der Waals surface area contributed by atoms with Crippen LogP contribution in [-0.2, 0) is 11.8 Å². The summed E-state index contributed by atoms with van der Waals surface area (Å²) in [6, 6.07) is 16.6. The molecule has 1 N–H and O–H groups in total. The molecule has 0 aliphatic carbocycles. The summed E-state index contributed by atoms with van der Waals surface area (Å²) in [5.41, 5.74) is 2.93. The van der Waals surface area contributed by atoms with Crippen LogP contribution in [0.2, 0.25) is 0 Å². The molecule has 5 heteroatoms. The quantitative estimate of drug-likeness (QED) is 0.734. The maximum Gasteiger partial charge on any atom is 0.251 e. The van der Waals surface area contributed by atoms with Crippen LogP contribution in [0.5, 0.6) is 5.75 Å². The number of nitrogens with zero attached hydrogens (tertiary/aromatic N) is 2. The average Bonchev–Trinajstić information content (AvgIpc) is 3.05. The summed E-state index contributed by atoms with van der Waals surface area (Å²) in [6.45, 7) is 10.2. The summed E-state index contributed by atoms with van der Waals surface area (Å²) in [6.07, 6.45) is 2.52. The van der Waals surface area contributed by atoms with E-state index in [1.807, 2.05) is 24.3 Å². The fourth-order valence-corrected chi connectivity index (χ4v) is 6.03. The Bertz CT molecular complexity index is 958. The number of fused-ring (bicyclic) bond motifs is 1. The monoisotopic (exact) mass is 417 g/mol. The van der Waals surface area contributed by atoms with Gasteiger partial charge in [-0.1, -0.05) is 36.4 Å². The number of nitrogens with one attached hydrogen (secondary N) is 1. The van der Waals surface area contributed by atoms with Crippen molar-refractivity contribution in [2.45, 2.75) is 17.9 Å². The van der Waals surface area contributed by atoms with Crippen LogP contribution in [0.15, 0.2) is 61.2 Å². The van der Waals surface area contributed by atoms with Gasteiger partial charge in [-0.15, -0.1) is 6.58 Å². The molecule has 4 heterocycles. The Morgan fingerprint density at radius 2 is 1.87 bits per heavy atom. The number of rotatable bonds is 6. The minimum atomic E-state index is -0.0784. The number of ether oxygens (including phenoxy) is 1. The maximum absolute atomic E-state index is 13.4. The first-order valence-corrected chi connectivity index (χ1v) is 11.2. The number of hydrogen-bond donors (Lipinski definition) is 1. The van der Waals surface area contributed by atoms with Gasteiger partial charge in [0.05, 0.1) is 7.11 Å². The summed E-state index contributed by atoms with van der Waals surface area (Å²) < 4.78 is 5.46. The molecule has 1 amide bonds. The first-order chi connectivity index (χ1) is 15.1. The van der Waals surface area contributed by atoms with Gasteiger partial charge >= 0.3 is 0 Å². The molecule has 5 nitrogen and oxygen atoms in total. The molecule has 6 rings (SSSR count). The van der Waals surface area contributed by atoms with E-state index in [2.05, 4.69) is 52.0 Å². The third kappa shape index (κ3) is 3.56. The van der Waals surface area contributed by atoms with Gasteiger partial charge in [0.25, 0.3) is 5.91 Å². The zero-order valence-corrected chi connectivity index (χ0v) is 18.2. The highest BCUT2D eigenvalue weighted by Crippen LogP contribution is 2.43. The summed E-state index contributed by atoms with van der Waals surface area (Å²) in [5, 5.41) is 3.49. The smallest absolute Gasteiger partial charge is 0.251 e. The van der Waals surface area contributed by atoms with Crippen molar-refractivity contribution in [3.8, 4) is 5.75 Å². The predicted molar refractivity (Wildman–Crippen MR) is 123 cm³/mol. The Kier molecular flexibility index (Phi) is 5.32. The van der Waals surface area contributed by atoms with Gasteiger partial charge in [-0.25, -0.2) is 0 Å². The van der Waals surface area contributed by atoms with E-state index in [1.54, 1.807) is 7.11 Å². The van der Waals surface area contributed by atoms with Crippen molar-refractivity contribution in [3.63, 3.8) is 0 Å².